The molecule has 0 spiro atoms. The highest BCUT2D eigenvalue weighted by Gasteiger charge is 2.33. The zero-order valence-corrected chi connectivity index (χ0v) is 11.2. The molecule has 0 saturated carbocycles. The van der Waals surface area contributed by atoms with Gasteiger partial charge in [-0.25, -0.2) is 0 Å². The lowest BCUT2D eigenvalue weighted by molar-refractivity contribution is 0.602. The fourth-order valence-electron chi connectivity index (χ4n) is 1.66. The molecule has 0 aromatic carbocycles. The van der Waals surface area contributed by atoms with Gasteiger partial charge in [0.1, 0.15) is 0 Å². The molecule has 0 aliphatic carbocycles. The second-order valence-corrected chi connectivity index (χ2v) is 3.73. The van der Waals surface area contributed by atoms with Crippen LogP contribution in [0, 0.1) is 35.5 Å². The average Bonchev–Trinajstić information content (AvgIpc) is 2.41. The van der Waals surface area contributed by atoms with Gasteiger partial charge >= 0.3 is 6.98 Å². The molecule has 18 heavy (non-hydrogen) atoms. The minimum absolute atomic E-state index is 0.195. The van der Waals surface area contributed by atoms with Crippen molar-refractivity contribution in [3.8, 4) is 35.5 Å². The monoisotopic (exact) mass is 235 g/mol. The van der Waals surface area contributed by atoms with E-state index in [1.54, 1.807) is 0 Å². The van der Waals surface area contributed by atoms with Gasteiger partial charge in [-0.15, -0.1) is 23.7 Å². The Morgan fingerprint density at radius 3 is 1.83 bits per heavy atom. The molecular weight excluding hydrogens is 219 g/mol. The third-order valence-corrected chi connectivity index (χ3v) is 2.58. The molecule has 88 valence electrons. The zero-order valence-electron chi connectivity index (χ0n) is 11.2. The molecule has 1 aliphatic rings. The summed E-state index contributed by atoms with van der Waals surface area (Å²) >= 11 is 0. The highest BCUT2D eigenvalue weighted by molar-refractivity contribution is 6.74. The fraction of sp³-hybridized carbons (Fsp3) is 0.500. The van der Waals surface area contributed by atoms with Gasteiger partial charge in [0.2, 0.25) is 0 Å². The normalized spacial score (nSPS) is 14.9. The van der Waals surface area contributed by atoms with Crippen LogP contribution in [0.3, 0.4) is 0 Å². The standard InChI is InChI=1S/C12H16B3N3/c1-4-7-10-15-17(11-8-5-2)13-16-14-18(15)12-9-6-3/h16H,10-12H2,1-3H3. The number of hydrogen-bond acceptors (Lipinski definition) is 3. The minimum atomic E-state index is 0.195. The van der Waals surface area contributed by atoms with Crippen LogP contribution in [-0.4, -0.2) is 44.6 Å². The lowest BCUT2D eigenvalue weighted by Gasteiger charge is -2.38. The molecule has 0 unspecified atom stereocenters. The Kier molecular flexibility index (Phi) is 7.23. The van der Waals surface area contributed by atoms with Crippen molar-refractivity contribution in [2.24, 2.45) is 0 Å². The van der Waals surface area contributed by atoms with E-state index in [2.05, 4.69) is 50.1 Å². The SMILES string of the molecule is CC#CCB1N(CC#CC)[B]N[B]N1CC#CC. The van der Waals surface area contributed by atoms with E-state index in [4.69, 9.17) is 0 Å². The first-order valence-electron chi connectivity index (χ1n) is 5.96. The van der Waals surface area contributed by atoms with Crippen molar-refractivity contribution in [2.75, 3.05) is 13.1 Å². The van der Waals surface area contributed by atoms with E-state index in [0.29, 0.717) is 13.1 Å². The van der Waals surface area contributed by atoms with Crippen LogP contribution in [0.2, 0.25) is 6.32 Å². The molecule has 0 bridgehead atoms. The molecule has 0 amide bonds. The smallest absolute Gasteiger partial charge is 0.303 e. The van der Waals surface area contributed by atoms with Crippen LogP contribution in [0.4, 0.5) is 0 Å². The third kappa shape index (κ3) is 4.56. The summed E-state index contributed by atoms with van der Waals surface area (Å²) in [6.45, 7) is 7.16. The Morgan fingerprint density at radius 2 is 1.39 bits per heavy atom. The highest BCUT2D eigenvalue weighted by Crippen LogP contribution is 2.06. The van der Waals surface area contributed by atoms with Crippen LogP contribution in [0.25, 0.3) is 0 Å². The Morgan fingerprint density at radius 1 is 0.889 bits per heavy atom. The van der Waals surface area contributed by atoms with E-state index < -0.39 is 0 Å². The number of hydrogen-bond donors (Lipinski definition) is 1. The van der Waals surface area contributed by atoms with Gasteiger partial charge in [-0.1, -0.05) is 11.8 Å². The van der Waals surface area contributed by atoms with E-state index in [1.807, 2.05) is 35.9 Å². The molecule has 1 saturated heterocycles. The largest absolute Gasteiger partial charge is 0.379 e. The van der Waals surface area contributed by atoms with Crippen LogP contribution in [0.1, 0.15) is 20.8 Å². The van der Waals surface area contributed by atoms with Crippen molar-refractivity contribution >= 4 is 22.1 Å². The first kappa shape index (κ1) is 14.8. The van der Waals surface area contributed by atoms with E-state index in [9.17, 15) is 0 Å². The molecule has 0 aromatic rings. The Balaban J connectivity index is 2.74. The molecule has 1 rings (SSSR count). The van der Waals surface area contributed by atoms with E-state index in [0.717, 1.165) is 6.32 Å². The lowest BCUT2D eigenvalue weighted by atomic mass is 9.57. The van der Waals surface area contributed by atoms with Crippen molar-refractivity contribution in [1.29, 1.82) is 0 Å². The van der Waals surface area contributed by atoms with E-state index in [1.165, 1.54) is 0 Å². The summed E-state index contributed by atoms with van der Waals surface area (Å²) < 4.78 is 4.30. The molecule has 2 radical (unpaired) electrons. The topological polar surface area (TPSA) is 18.5 Å². The van der Waals surface area contributed by atoms with Gasteiger partial charge in [0.25, 0.3) is 15.1 Å². The number of nitrogens with zero attached hydrogens (tertiary/aromatic N) is 2. The van der Waals surface area contributed by atoms with Crippen molar-refractivity contribution in [3.63, 3.8) is 0 Å². The molecule has 3 nitrogen and oxygen atoms in total. The summed E-state index contributed by atoms with van der Waals surface area (Å²) in [5, 5.41) is 3.13. The lowest BCUT2D eigenvalue weighted by Crippen LogP contribution is -2.66. The summed E-state index contributed by atoms with van der Waals surface area (Å²) in [5.41, 5.74) is 0. The predicted molar refractivity (Wildman–Crippen MR) is 79.0 cm³/mol. The summed E-state index contributed by atoms with van der Waals surface area (Å²) in [6.07, 6.45) is 0.780. The van der Waals surface area contributed by atoms with Gasteiger partial charge in [0.05, 0.1) is 0 Å². The fourth-order valence-corrected chi connectivity index (χ4v) is 1.66. The van der Waals surface area contributed by atoms with Crippen molar-refractivity contribution in [2.45, 2.75) is 27.1 Å². The van der Waals surface area contributed by atoms with Crippen LogP contribution in [0.15, 0.2) is 0 Å². The third-order valence-electron chi connectivity index (χ3n) is 2.58. The molecule has 0 aromatic heterocycles. The van der Waals surface area contributed by atoms with Crippen molar-refractivity contribution < 1.29 is 0 Å². The van der Waals surface area contributed by atoms with Crippen molar-refractivity contribution in [1.82, 2.24) is 14.6 Å². The second kappa shape index (κ2) is 8.79. The maximum Gasteiger partial charge on any atom is 0.303 e. The zero-order chi connectivity index (χ0) is 13.2. The summed E-state index contributed by atoms with van der Waals surface area (Å²) in [5.74, 6) is 18.1. The quantitative estimate of drug-likeness (QED) is 0.540. The van der Waals surface area contributed by atoms with Gasteiger partial charge in [0, 0.05) is 19.4 Å². The molecular formula is C12H16B3N3. The average molecular weight is 235 g/mol. The molecule has 0 atom stereocenters. The van der Waals surface area contributed by atoms with Crippen molar-refractivity contribution in [3.05, 3.63) is 0 Å². The van der Waals surface area contributed by atoms with Gasteiger partial charge in [-0.05, 0) is 20.8 Å². The Labute approximate surface area is 113 Å². The van der Waals surface area contributed by atoms with Crippen LogP contribution < -0.4 is 5.14 Å². The van der Waals surface area contributed by atoms with Gasteiger partial charge in [-0.2, -0.15) is 0 Å². The minimum Gasteiger partial charge on any atom is -0.379 e. The molecule has 6 heteroatoms. The summed E-state index contributed by atoms with van der Waals surface area (Å²) in [6, 6.07) is 0. The summed E-state index contributed by atoms with van der Waals surface area (Å²) in [4.78, 5) is 0. The first-order chi connectivity index (χ1) is 8.83. The number of rotatable bonds is 3. The highest BCUT2D eigenvalue weighted by atomic mass is 15.2. The second-order valence-electron chi connectivity index (χ2n) is 3.73. The maximum absolute atomic E-state index is 3.13. The predicted octanol–water partition coefficient (Wildman–Crippen LogP) is -0.180. The van der Waals surface area contributed by atoms with Gasteiger partial charge in [-0.3, -0.25) is 0 Å². The molecule has 1 fully saturated rings. The maximum atomic E-state index is 3.13. The Hall–Kier alpha value is -1.25. The van der Waals surface area contributed by atoms with Crippen LogP contribution in [-0.2, 0) is 0 Å². The van der Waals surface area contributed by atoms with Gasteiger partial charge < -0.3 is 14.6 Å². The van der Waals surface area contributed by atoms with Crippen LogP contribution >= 0.6 is 0 Å². The molecule has 1 heterocycles. The molecule has 1 aliphatic heterocycles. The molecule has 1 N–H and O–H groups in total. The first-order valence-corrected chi connectivity index (χ1v) is 5.96. The Bertz CT molecular complexity index is 403. The van der Waals surface area contributed by atoms with E-state index >= 15 is 0 Å². The van der Waals surface area contributed by atoms with Gasteiger partial charge in [0.15, 0.2) is 0 Å². The summed E-state index contributed by atoms with van der Waals surface area (Å²) in [7, 11) is 3.89. The van der Waals surface area contributed by atoms with E-state index in [-0.39, 0.29) is 6.98 Å². The van der Waals surface area contributed by atoms with Crippen LogP contribution in [0.5, 0.6) is 0 Å². The number of nitrogens with one attached hydrogen (secondary N) is 1.